The van der Waals surface area contributed by atoms with Crippen LogP contribution in [0.3, 0.4) is 0 Å². The van der Waals surface area contributed by atoms with E-state index in [1.54, 1.807) is 22.6 Å². The van der Waals surface area contributed by atoms with Gasteiger partial charge in [0.1, 0.15) is 16.1 Å². The van der Waals surface area contributed by atoms with Crippen molar-refractivity contribution in [1.29, 1.82) is 0 Å². The molecule has 0 bridgehead atoms. The number of ether oxygens (including phenoxy) is 2. The lowest BCUT2D eigenvalue weighted by atomic mass is 10.3. The van der Waals surface area contributed by atoms with Crippen molar-refractivity contribution >= 4 is 22.6 Å². The van der Waals surface area contributed by atoms with Crippen LogP contribution in [0, 0.1) is 3.70 Å². The molecule has 0 aliphatic carbocycles. The Kier molecular flexibility index (Phi) is 4.16. The second-order valence-corrected chi connectivity index (χ2v) is 3.64. The third-order valence-corrected chi connectivity index (χ3v) is 2.47. The van der Waals surface area contributed by atoms with Crippen LogP contribution in [-0.2, 0) is 6.67 Å². The molecule has 8 heteroatoms. The topological polar surface area (TPSA) is 31.4 Å². The van der Waals surface area contributed by atoms with Gasteiger partial charge in [-0.15, -0.1) is 13.2 Å². The van der Waals surface area contributed by atoms with Crippen LogP contribution in [-0.4, -0.2) is 18.5 Å². The Labute approximate surface area is 102 Å². The average Bonchev–Trinajstić information content (AvgIpc) is 2.14. The molecule has 16 heavy (non-hydrogen) atoms. The lowest BCUT2D eigenvalue weighted by Crippen LogP contribution is -2.18. The maximum absolute atomic E-state index is 12.5. The monoisotopic (exact) mass is 351 g/mol. The van der Waals surface area contributed by atoms with Crippen molar-refractivity contribution in [1.82, 2.24) is 4.98 Å². The molecular formula is C8H6F4INO2. The van der Waals surface area contributed by atoms with Gasteiger partial charge in [0, 0.05) is 6.07 Å². The third kappa shape index (κ3) is 3.35. The molecule has 0 atom stereocenters. The molecule has 0 N–H and O–H groups in total. The smallest absolute Gasteiger partial charge is 0.481 e. The van der Waals surface area contributed by atoms with Crippen molar-refractivity contribution in [2.75, 3.05) is 7.11 Å². The van der Waals surface area contributed by atoms with E-state index in [9.17, 15) is 17.6 Å². The second-order valence-electron chi connectivity index (χ2n) is 2.61. The summed E-state index contributed by atoms with van der Waals surface area (Å²) in [7, 11) is 1.24. The van der Waals surface area contributed by atoms with E-state index >= 15 is 0 Å². The number of methoxy groups -OCH3 is 1. The molecule has 3 nitrogen and oxygen atoms in total. The fourth-order valence-corrected chi connectivity index (χ4v) is 1.59. The number of hydrogen-bond acceptors (Lipinski definition) is 3. The van der Waals surface area contributed by atoms with Crippen molar-refractivity contribution in [3.05, 3.63) is 15.3 Å². The molecule has 0 aliphatic heterocycles. The van der Waals surface area contributed by atoms with Crippen molar-refractivity contribution in [2.24, 2.45) is 0 Å². The summed E-state index contributed by atoms with van der Waals surface area (Å²) in [6, 6.07) is 0.893. The van der Waals surface area contributed by atoms with Gasteiger partial charge in [-0.25, -0.2) is 9.37 Å². The molecule has 0 fully saturated rings. The molecule has 0 saturated heterocycles. The van der Waals surface area contributed by atoms with E-state index in [0.717, 1.165) is 6.07 Å². The quantitative estimate of drug-likeness (QED) is 0.477. The lowest BCUT2D eigenvalue weighted by molar-refractivity contribution is -0.275. The van der Waals surface area contributed by atoms with E-state index in [2.05, 4.69) is 14.5 Å². The molecule has 0 aromatic carbocycles. The van der Waals surface area contributed by atoms with Gasteiger partial charge in [0.15, 0.2) is 0 Å². The zero-order valence-electron chi connectivity index (χ0n) is 7.94. The van der Waals surface area contributed by atoms with Gasteiger partial charge >= 0.3 is 6.36 Å². The van der Waals surface area contributed by atoms with Gasteiger partial charge in [-0.1, -0.05) is 0 Å². The van der Waals surface area contributed by atoms with Gasteiger partial charge < -0.3 is 9.47 Å². The molecule has 0 spiro atoms. The van der Waals surface area contributed by atoms with E-state index in [-0.39, 0.29) is 15.1 Å². The Balaban J connectivity index is 3.18. The number of halogens is 5. The molecule has 0 aliphatic rings. The number of rotatable bonds is 3. The molecule has 90 valence electrons. The highest BCUT2D eigenvalue weighted by atomic mass is 127. The minimum atomic E-state index is -4.88. The third-order valence-electron chi connectivity index (χ3n) is 1.58. The molecule has 0 amide bonds. The minimum Gasteiger partial charge on any atom is -0.481 e. The predicted molar refractivity (Wildman–Crippen MR) is 55.0 cm³/mol. The summed E-state index contributed by atoms with van der Waals surface area (Å²) in [6.07, 6.45) is -4.88. The van der Waals surface area contributed by atoms with Crippen LogP contribution in [0.4, 0.5) is 17.6 Å². The maximum Gasteiger partial charge on any atom is 0.573 e. The van der Waals surface area contributed by atoms with Crippen LogP contribution >= 0.6 is 22.6 Å². The number of alkyl halides is 4. The summed E-state index contributed by atoms with van der Waals surface area (Å²) in [5, 5.41) is 0. The Hall–Kier alpha value is -0.800. The second kappa shape index (κ2) is 5.02. The first-order chi connectivity index (χ1) is 7.37. The van der Waals surface area contributed by atoms with Crippen LogP contribution in [0.25, 0.3) is 0 Å². The summed E-state index contributed by atoms with van der Waals surface area (Å²) >= 11 is 1.61. The molecule has 0 unspecified atom stereocenters. The van der Waals surface area contributed by atoms with Crippen LogP contribution in [0.15, 0.2) is 6.07 Å². The predicted octanol–water partition coefficient (Wildman–Crippen LogP) is 3.06. The average molecular weight is 351 g/mol. The van der Waals surface area contributed by atoms with Crippen LogP contribution < -0.4 is 9.47 Å². The molecule has 1 heterocycles. The highest BCUT2D eigenvalue weighted by molar-refractivity contribution is 14.1. The van der Waals surface area contributed by atoms with Crippen molar-refractivity contribution in [3.8, 4) is 11.6 Å². The summed E-state index contributed by atoms with van der Waals surface area (Å²) < 4.78 is 57.0. The highest BCUT2D eigenvalue weighted by Crippen LogP contribution is 2.32. The molecule has 0 radical (unpaired) electrons. The van der Waals surface area contributed by atoms with Gasteiger partial charge in [-0.05, 0) is 22.6 Å². The normalized spacial score (nSPS) is 11.4. The van der Waals surface area contributed by atoms with Gasteiger partial charge in [0.05, 0.1) is 12.7 Å². The Morgan fingerprint density at radius 3 is 2.50 bits per heavy atom. The van der Waals surface area contributed by atoms with E-state index < -0.39 is 18.8 Å². The Morgan fingerprint density at radius 2 is 2.06 bits per heavy atom. The van der Waals surface area contributed by atoms with Crippen LogP contribution in [0.1, 0.15) is 5.56 Å². The largest absolute Gasteiger partial charge is 0.573 e. The van der Waals surface area contributed by atoms with Gasteiger partial charge in [-0.2, -0.15) is 0 Å². The standard InChI is InChI=1S/C8H6F4INO2/c1-15-6-2-5(16-8(10,11)12)4(3-9)7(13)14-6/h2H,3H2,1H3. The van der Waals surface area contributed by atoms with Crippen molar-refractivity contribution in [3.63, 3.8) is 0 Å². The van der Waals surface area contributed by atoms with Crippen molar-refractivity contribution < 1.29 is 27.0 Å². The van der Waals surface area contributed by atoms with Gasteiger partial charge in [0.2, 0.25) is 5.88 Å². The van der Waals surface area contributed by atoms with Gasteiger partial charge in [0.25, 0.3) is 0 Å². The first-order valence-corrected chi connectivity index (χ1v) is 5.00. The zero-order valence-corrected chi connectivity index (χ0v) is 10.1. The summed E-state index contributed by atoms with van der Waals surface area (Å²) in [5.41, 5.74) is -0.251. The minimum absolute atomic E-state index is 0.0682. The molecule has 1 rings (SSSR count). The van der Waals surface area contributed by atoms with Crippen molar-refractivity contribution in [2.45, 2.75) is 13.0 Å². The Morgan fingerprint density at radius 1 is 1.44 bits per heavy atom. The zero-order chi connectivity index (χ0) is 12.3. The summed E-state index contributed by atoms with van der Waals surface area (Å²) in [4.78, 5) is 3.73. The molecule has 0 saturated carbocycles. The first-order valence-electron chi connectivity index (χ1n) is 3.92. The molecule has 1 aromatic heterocycles. The number of pyridine rings is 1. The first kappa shape index (κ1) is 13.3. The lowest BCUT2D eigenvalue weighted by Gasteiger charge is -2.13. The van der Waals surface area contributed by atoms with E-state index in [1.807, 2.05) is 0 Å². The number of aromatic nitrogens is 1. The fourth-order valence-electron chi connectivity index (χ4n) is 0.939. The SMILES string of the molecule is COc1cc(OC(F)(F)F)c(CF)c(I)n1. The highest BCUT2D eigenvalue weighted by Gasteiger charge is 2.33. The number of hydrogen-bond donors (Lipinski definition) is 0. The van der Waals surface area contributed by atoms with E-state index in [0.29, 0.717) is 0 Å². The van der Waals surface area contributed by atoms with Crippen LogP contribution in [0.2, 0.25) is 0 Å². The molecular weight excluding hydrogens is 345 g/mol. The molecule has 1 aromatic rings. The van der Waals surface area contributed by atoms with Gasteiger partial charge in [-0.3, -0.25) is 0 Å². The maximum atomic E-state index is 12.5. The number of nitrogens with zero attached hydrogens (tertiary/aromatic N) is 1. The fraction of sp³-hybridized carbons (Fsp3) is 0.375. The van der Waals surface area contributed by atoms with E-state index in [1.165, 1.54) is 7.11 Å². The Bertz CT molecular complexity index is 383. The van der Waals surface area contributed by atoms with Crippen LogP contribution in [0.5, 0.6) is 11.6 Å². The van der Waals surface area contributed by atoms with E-state index in [4.69, 9.17) is 0 Å². The summed E-state index contributed by atoms with van der Waals surface area (Å²) in [6.45, 7) is -1.10. The summed E-state index contributed by atoms with van der Waals surface area (Å²) in [5.74, 6) is -0.702.